The van der Waals surface area contributed by atoms with Crippen LogP contribution < -0.4 is 4.74 Å². The third-order valence-corrected chi connectivity index (χ3v) is 3.94. The highest BCUT2D eigenvalue weighted by Gasteiger charge is 2.40. The summed E-state index contributed by atoms with van der Waals surface area (Å²) in [6.07, 6.45) is -9.19. The average molecular weight is 434 g/mol. The molecule has 0 bridgehead atoms. The maximum Gasteiger partial charge on any atom is 0.425 e. The van der Waals surface area contributed by atoms with Gasteiger partial charge in [-0.25, -0.2) is 9.37 Å². The van der Waals surface area contributed by atoms with E-state index in [1.807, 2.05) is 0 Å². The summed E-state index contributed by atoms with van der Waals surface area (Å²) >= 11 is 0. The van der Waals surface area contributed by atoms with Crippen LogP contribution >= 0.6 is 0 Å². The van der Waals surface area contributed by atoms with Crippen molar-refractivity contribution in [3.05, 3.63) is 42.2 Å². The van der Waals surface area contributed by atoms with E-state index in [-0.39, 0.29) is 16.8 Å². The molecule has 30 heavy (non-hydrogen) atoms. The second kappa shape index (κ2) is 7.74. The molecule has 0 unspecified atom stereocenters. The van der Waals surface area contributed by atoms with Gasteiger partial charge in [-0.1, -0.05) is 0 Å². The van der Waals surface area contributed by atoms with E-state index >= 15 is 0 Å². The minimum absolute atomic E-state index is 0.0909. The first kappa shape index (κ1) is 21.8. The van der Waals surface area contributed by atoms with E-state index in [0.29, 0.717) is 0 Å². The number of hydrogen-bond donors (Lipinski definition) is 0. The normalized spacial score (nSPS) is 13.8. The molecule has 0 aromatic carbocycles. The number of halogens is 6. The van der Waals surface area contributed by atoms with Crippen LogP contribution in [0, 0.1) is 5.82 Å². The Kier molecular flexibility index (Phi) is 5.63. The number of aromatic nitrogens is 4. The number of alkyl halides is 5. The maximum atomic E-state index is 14.3. The Morgan fingerprint density at radius 2 is 1.70 bits per heavy atom. The summed E-state index contributed by atoms with van der Waals surface area (Å²) in [4.78, 5) is 3.58. The largest absolute Gasteiger partial charge is 0.463 e. The number of fused-ring (bicyclic) bond motifs is 1. The Morgan fingerprint density at radius 1 is 1.00 bits per heavy atom. The lowest BCUT2D eigenvalue weighted by Crippen LogP contribution is -2.31. The van der Waals surface area contributed by atoms with Crippen LogP contribution in [-0.2, 0) is 10.8 Å². The molecule has 3 aromatic heterocycles. The molecule has 0 saturated heterocycles. The Bertz CT molecular complexity index is 1050. The van der Waals surface area contributed by atoms with Gasteiger partial charge in [0.25, 0.3) is 5.88 Å². The minimum Gasteiger partial charge on any atom is -0.463 e. The van der Waals surface area contributed by atoms with Crippen molar-refractivity contribution < 1.29 is 35.8 Å². The van der Waals surface area contributed by atoms with Gasteiger partial charge in [0.1, 0.15) is 0 Å². The van der Waals surface area contributed by atoms with Gasteiger partial charge in [0, 0.05) is 23.5 Å². The monoisotopic (exact) mass is 434 g/mol. The molecule has 162 valence electrons. The van der Waals surface area contributed by atoms with Crippen LogP contribution in [0.5, 0.6) is 5.88 Å². The number of hydrogen-bond acceptors (Lipinski definition) is 5. The maximum absolute atomic E-state index is 14.3. The third-order valence-electron chi connectivity index (χ3n) is 3.94. The Labute approximate surface area is 166 Å². The second-order valence-corrected chi connectivity index (χ2v) is 6.67. The van der Waals surface area contributed by atoms with Crippen LogP contribution in [0.25, 0.3) is 16.8 Å². The summed E-state index contributed by atoms with van der Waals surface area (Å²) in [6, 6.07) is 3.70. The first-order valence-corrected chi connectivity index (χ1v) is 8.68. The zero-order valence-electron chi connectivity index (χ0n) is 15.9. The molecule has 0 N–H and O–H groups in total. The zero-order chi connectivity index (χ0) is 22.3. The molecule has 1 atom stereocenters. The summed E-state index contributed by atoms with van der Waals surface area (Å²) in [6.45, 7) is 3.58. The molecule has 0 aliphatic rings. The van der Waals surface area contributed by atoms with Crippen molar-refractivity contribution in [1.82, 2.24) is 19.6 Å². The lowest BCUT2D eigenvalue weighted by molar-refractivity contribution is -0.272. The molecule has 0 fully saturated rings. The van der Waals surface area contributed by atoms with E-state index < -0.39 is 42.0 Å². The van der Waals surface area contributed by atoms with Gasteiger partial charge in [0.15, 0.2) is 17.6 Å². The van der Waals surface area contributed by atoms with Crippen LogP contribution in [0.4, 0.5) is 26.3 Å². The van der Waals surface area contributed by atoms with Gasteiger partial charge in [-0.15, -0.1) is 10.2 Å². The van der Waals surface area contributed by atoms with Crippen molar-refractivity contribution in [3.8, 4) is 17.0 Å². The van der Waals surface area contributed by atoms with Crippen molar-refractivity contribution in [2.75, 3.05) is 0 Å². The van der Waals surface area contributed by atoms with Gasteiger partial charge in [0.2, 0.25) is 5.82 Å². The first-order valence-electron chi connectivity index (χ1n) is 8.68. The molecule has 0 amide bonds. The molecule has 0 aliphatic heterocycles. The van der Waals surface area contributed by atoms with Crippen molar-refractivity contribution in [2.45, 2.75) is 45.3 Å². The van der Waals surface area contributed by atoms with Gasteiger partial charge >= 0.3 is 12.3 Å². The molecule has 3 rings (SSSR count). The SMILES string of the molecule is CC(C)OC(F)(F)c1nnc2ccc(-c3cnc(O[C@@H](C)C(F)(F)F)c(F)c3)cn12. The zero-order valence-corrected chi connectivity index (χ0v) is 15.9. The van der Waals surface area contributed by atoms with Gasteiger partial charge in [-0.3, -0.25) is 4.40 Å². The lowest BCUT2D eigenvalue weighted by atomic mass is 10.1. The number of ether oxygens (including phenoxy) is 2. The number of nitrogens with zero attached hydrogens (tertiary/aromatic N) is 4. The van der Waals surface area contributed by atoms with Gasteiger partial charge in [-0.2, -0.15) is 22.0 Å². The summed E-state index contributed by atoms with van der Waals surface area (Å²) in [5, 5.41) is 7.11. The predicted octanol–water partition coefficient (Wildman–Crippen LogP) is 4.73. The van der Waals surface area contributed by atoms with Crippen molar-refractivity contribution in [2.24, 2.45) is 0 Å². The third kappa shape index (κ3) is 4.48. The van der Waals surface area contributed by atoms with E-state index in [1.54, 1.807) is 0 Å². The van der Waals surface area contributed by atoms with Crippen LogP contribution in [-0.4, -0.2) is 38.0 Å². The first-order chi connectivity index (χ1) is 13.9. The smallest absolute Gasteiger partial charge is 0.425 e. The van der Waals surface area contributed by atoms with Crippen LogP contribution in [0.2, 0.25) is 0 Å². The highest BCUT2D eigenvalue weighted by molar-refractivity contribution is 5.64. The molecule has 0 radical (unpaired) electrons. The van der Waals surface area contributed by atoms with Crippen molar-refractivity contribution >= 4 is 5.65 Å². The standard InChI is InChI=1S/C18H16F6N4O2/c1-9(2)30-18(23,24)16-27-26-14-5-4-11(8-28(14)16)12-6-13(19)15(25-7-12)29-10(3)17(20,21)22/h4-10H,1-3H3/t10-/m0/s1. The van der Waals surface area contributed by atoms with E-state index in [9.17, 15) is 26.3 Å². The van der Waals surface area contributed by atoms with Crippen molar-refractivity contribution in [3.63, 3.8) is 0 Å². The fourth-order valence-electron chi connectivity index (χ4n) is 2.51. The molecule has 0 saturated carbocycles. The highest BCUT2D eigenvalue weighted by Crippen LogP contribution is 2.32. The van der Waals surface area contributed by atoms with Crippen LogP contribution in [0.15, 0.2) is 30.6 Å². The molecule has 6 nitrogen and oxygen atoms in total. The lowest BCUT2D eigenvalue weighted by Gasteiger charge is -2.18. The molecule has 3 heterocycles. The molecule has 3 aromatic rings. The average Bonchev–Trinajstić information content (AvgIpc) is 3.05. The second-order valence-electron chi connectivity index (χ2n) is 6.67. The van der Waals surface area contributed by atoms with Gasteiger partial charge in [0.05, 0.1) is 6.10 Å². The Hall–Kier alpha value is -2.89. The van der Waals surface area contributed by atoms with E-state index in [2.05, 4.69) is 24.7 Å². The van der Waals surface area contributed by atoms with Gasteiger partial charge in [-0.05, 0) is 39.0 Å². The van der Waals surface area contributed by atoms with Crippen molar-refractivity contribution in [1.29, 1.82) is 0 Å². The van der Waals surface area contributed by atoms with E-state index in [4.69, 9.17) is 0 Å². The predicted molar refractivity (Wildman–Crippen MR) is 92.4 cm³/mol. The van der Waals surface area contributed by atoms with E-state index in [1.165, 1.54) is 32.2 Å². The molecular weight excluding hydrogens is 418 g/mol. The summed E-state index contributed by atoms with van der Waals surface area (Å²) in [5.74, 6) is -2.74. The fraction of sp³-hybridized carbons (Fsp3) is 0.389. The Balaban J connectivity index is 1.95. The summed E-state index contributed by atoms with van der Waals surface area (Å²) in [5.41, 5.74) is 0.452. The van der Waals surface area contributed by atoms with Crippen LogP contribution in [0.3, 0.4) is 0 Å². The quantitative estimate of drug-likeness (QED) is 0.525. The topological polar surface area (TPSA) is 61.5 Å². The summed E-state index contributed by atoms with van der Waals surface area (Å²) < 4.78 is 90.7. The fourth-order valence-corrected chi connectivity index (χ4v) is 2.51. The number of rotatable bonds is 6. The van der Waals surface area contributed by atoms with Crippen LogP contribution in [0.1, 0.15) is 26.6 Å². The van der Waals surface area contributed by atoms with E-state index in [0.717, 1.165) is 23.6 Å². The number of pyridine rings is 2. The molecule has 12 heteroatoms. The highest BCUT2D eigenvalue weighted by atomic mass is 19.4. The molecule has 0 spiro atoms. The summed E-state index contributed by atoms with van der Waals surface area (Å²) in [7, 11) is 0. The molecular formula is C18H16F6N4O2. The Morgan fingerprint density at radius 3 is 2.30 bits per heavy atom. The van der Waals surface area contributed by atoms with Gasteiger partial charge < -0.3 is 9.47 Å². The molecule has 0 aliphatic carbocycles. The minimum atomic E-state index is -4.69.